The van der Waals surface area contributed by atoms with Crippen LogP contribution in [0.3, 0.4) is 0 Å². The quantitative estimate of drug-likeness (QED) is 0.675. The number of benzene rings is 2. The van der Waals surface area contributed by atoms with Crippen LogP contribution in [-0.4, -0.2) is 6.29 Å². The van der Waals surface area contributed by atoms with Crippen LogP contribution < -0.4 is 0 Å². The van der Waals surface area contributed by atoms with Gasteiger partial charge in [0.25, 0.3) is 0 Å². The van der Waals surface area contributed by atoms with Crippen LogP contribution in [0.1, 0.15) is 24.0 Å². The molecule has 0 N–H and O–H groups in total. The molecule has 76 valence electrons. The Morgan fingerprint density at radius 2 is 2.00 bits per heavy atom. The maximum atomic E-state index is 10.7. The van der Waals surface area contributed by atoms with E-state index in [0.717, 1.165) is 11.8 Å². The largest absolute Gasteiger partial charge is 0.303 e. The Labute approximate surface area is 89.7 Å². The average molecular weight is 198 g/mol. The van der Waals surface area contributed by atoms with Crippen LogP contribution in [0.4, 0.5) is 0 Å². The van der Waals surface area contributed by atoms with E-state index in [4.69, 9.17) is 0 Å². The highest BCUT2D eigenvalue weighted by Crippen LogP contribution is 2.23. The molecule has 0 fully saturated rings. The van der Waals surface area contributed by atoms with Gasteiger partial charge < -0.3 is 4.79 Å². The van der Waals surface area contributed by atoms with Gasteiger partial charge >= 0.3 is 0 Å². The Balaban J connectivity index is 2.64. The fourth-order valence-electron chi connectivity index (χ4n) is 1.81. The second-order valence-electron chi connectivity index (χ2n) is 3.98. The summed E-state index contributed by atoms with van der Waals surface area (Å²) in [4.78, 5) is 10.7. The van der Waals surface area contributed by atoms with Gasteiger partial charge in [0.15, 0.2) is 0 Å². The first-order valence-corrected chi connectivity index (χ1v) is 5.17. The van der Waals surface area contributed by atoms with Gasteiger partial charge in [-0.25, -0.2) is 0 Å². The molecule has 2 aromatic carbocycles. The Kier molecular flexibility index (Phi) is 2.55. The van der Waals surface area contributed by atoms with E-state index in [2.05, 4.69) is 37.3 Å². The van der Waals surface area contributed by atoms with E-state index < -0.39 is 0 Å². The molecule has 0 aliphatic heterocycles. The minimum Gasteiger partial charge on any atom is -0.303 e. The van der Waals surface area contributed by atoms with E-state index in [0.29, 0.717) is 0 Å². The van der Waals surface area contributed by atoms with E-state index in [1.807, 2.05) is 13.0 Å². The molecule has 1 atom stereocenters. The number of hydrogen-bond acceptors (Lipinski definition) is 1. The summed E-state index contributed by atoms with van der Waals surface area (Å²) in [6.07, 6.45) is 0.986. The van der Waals surface area contributed by atoms with Crippen molar-refractivity contribution in [3.63, 3.8) is 0 Å². The summed E-state index contributed by atoms with van der Waals surface area (Å²) in [6.45, 7) is 4.02. The predicted octanol–water partition coefficient (Wildman–Crippen LogP) is 3.45. The zero-order valence-electron chi connectivity index (χ0n) is 9.03. The van der Waals surface area contributed by atoms with Crippen molar-refractivity contribution < 1.29 is 4.79 Å². The van der Waals surface area contributed by atoms with Gasteiger partial charge in [-0.05, 0) is 28.8 Å². The molecule has 0 aromatic heterocycles. The van der Waals surface area contributed by atoms with Crippen molar-refractivity contribution in [1.82, 2.24) is 0 Å². The molecule has 0 aliphatic carbocycles. The number of carbonyl (C=O) groups is 1. The van der Waals surface area contributed by atoms with Crippen molar-refractivity contribution in [3.05, 3.63) is 47.5 Å². The van der Waals surface area contributed by atoms with Crippen molar-refractivity contribution in [3.8, 4) is 0 Å². The number of aryl methyl sites for hydroxylation is 1. The summed E-state index contributed by atoms with van der Waals surface area (Å²) >= 11 is 0. The number of rotatable bonds is 2. The maximum Gasteiger partial charge on any atom is 0.127 e. The third kappa shape index (κ3) is 1.78. The van der Waals surface area contributed by atoms with Crippen molar-refractivity contribution in [2.75, 3.05) is 0 Å². The van der Waals surface area contributed by atoms with Crippen LogP contribution in [0, 0.1) is 6.92 Å². The molecule has 0 bridgehead atoms. The Hall–Kier alpha value is -1.63. The summed E-state index contributed by atoms with van der Waals surface area (Å²) in [5.74, 6) is -0.0194. The molecule has 0 amide bonds. The van der Waals surface area contributed by atoms with Gasteiger partial charge in [0, 0.05) is 5.92 Å². The second-order valence-corrected chi connectivity index (χ2v) is 3.98. The van der Waals surface area contributed by atoms with Crippen molar-refractivity contribution >= 4 is 17.1 Å². The summed E-state index contributed by atoms with van der Waals surface area (Å²) in [6, 6.07) is 12.5. The lowest BCUT2D eigenvalue weighted by atomic mass is 9.97. The fraction of sp³-hybridized carbons (Fsp3) is 0.214. The zero-order chi connectivity index (χ0) is 10.8. The van der Waals surface area contributed by atoms with Crippen LogP contribution in [0.25, 0.3) is 10.8 Å². The van der Waals surface area contributed by atoms with Crippen molar-refractivity contribution in [1.29, 1.82) is 0 Å². The highest BCUT2D eigenvalue weighted by molar-refractivity contribution is 5.86. The van der Waals surface area contributed by atoms with Crippen LogP contribution in [0.5, 0.6) is 0 Å². The summed E-state index contributed by atoms with van der Waals surface area (Å²) in [7, 11) is 0. The van der Waals surface area contributed by atoms with Crippen LogP contribution in [0.15, 0.2) is 36.4 Å². The molecular formula is C14H14O. The summed E-state index contributed by atoms with van der Waals surface area (Å²) in [5.41, 5.74) is 2.35. The minimum atomic E-state index is -0.0194. The lowest BCUT2D eigenvalue weighted by Crippen LogP contribution is -1.94. The molecule has 0 radical (unpaired) electrons. The first-order chi connectivity index (χ1) is 7.22. The molecule has 0 saturated carbocycles. The van der Waals surface area contributed by atoms with E-state index in [1.165, 1.54) is 16.3 Å². The van der Waals surface area contributed by atoms with Gasteiger partial charge in [0.05, 0.1) is 0 Å². The molecule has 1 heteroatoms. The molecule has 15 heavy (non-hydrogen) atoms. The maximum absolute atomic E-state index is 10.7. The first-order valence-electron chi connectivity index (χ1n) is 5.17. The number of fused-ring (bicyclic) bond motifs is 1. The lowest BCUT2D eigenvalue weighted by molar-refractivity contribution is -0.108. The molecule has 2 rings (SSSR count). The van der Waals surface area contributed by atoms with Crippen molar-refractivity contribution in [2.24, 2.45) is 0 Å². The monoisotopic (exact) mass is 198 g/mol. The van der Waals surface area contributed by atoms with Gasteiger partial charge in [-0.3, -0.25) is 0 Å². The molecule has 0 aliphatic rings. The van der Waals surface area contributed by atoms with E-state index in [1.54, 1.807) is 0 Å². The topological polar surface area (TPSA) is 17.1 Å². The predicted molar refractivity (Wildman–Crippen MR) is 63.2 cm³/mol. The van der Waals surface area contributed by atoms with Crippen LogP contribution in [0.2, 0.25) is 0 Å². The van der Waals surface area contributed by atoms with Crippen LogP contribution in [-0.2, 0) is 4.79 Å². The minimum absolute atomic E-state index is 0.0194. The van der Waals surface area contributed by atoms with Gasteiger partial charge in [-0.2, -0.15) is 0 Å². The lowest BCUT2D eigenvalue weighted by Gasteiger charge is -2.07. The Morgan fingerprint density at radius 3 is 2.73 bits per heavy atom. The number of carbonyl (C=O) groups excluding carboxylic acids is 1. The Bertz CT molecular complexity index is 500. The molecule has 0 heterocycles. The van der Waals surface area contributed by atoms with E-state index in [9.17, 15) is 4.79 Å². The SMILES string of the molecule is Cc1cccc2ccc(C(C)C=O)cc12. The van der Waals surface area contributed by atoms with Crippen LogP contribution >= 0.6 is 0 Å². The van der Waals surface area contributed by atoms with Gasteiger partial charge in [-0.15, -0.1) is 0 Å². The number of aldehydes is 1. The van der Waals surface area contributed by atoms with Gasteiger partial charge in [0.2, 0.25) is 0 Å². The molecule has 0 saturated heterocycles. The normalized spacial score (nSPS) is 12.7. The molecule has 0 spiro atoms. The van der Waals surface area contributed by atoms with E-state index in [-0.39, 0.29) is 5.92 Å². The molecule has 1 nitrogen and oxygen atoms in total. The summed E-state index contributed by atoms with van der Waals surface area (Å²) < 4.78 is 0. The summed E-state index contributed by atoms with van der Waals surface area (Å²) in [5, 5.41) is 2.47. The third-order valence-corrected chi connectivity index (χ3v) is 2.85. The third-order valence-electron chi connectivity index (χ3n) is 2.85. The standard InChI is InChI=1S/C14H14O/c1-10-4-3-5-12-6-7-13(8-14(10)12)11(2)9-15/h3-9,11H,1-2H3. The molecular weight excluding hydrogens is 184 g/mol. The first kappa shape index (κ1) is 9.91. The van der Waals surface area contributed by atoms with Crippen molar-refractivity contribution in [2.45, 2.75) is 19.8 Å². The Morgan fingerprint density at radius 1 is 1.20 bits per heavy atom. The zero-order valence-corrected chi connectivity index (χ0v) is 9.03. The van der Waals surface area contributed by atoms with E-state index >= 15 is 0 Å². The highest BCUT2D eigenvalue weighted by atomic mass is 16.1. The van der Waals surface area contributed by atoms with Gasteiger partial charge in [-0.1, -0.05) is 43.3 Å². The average Bonchev–Trinajstić information content (AvgIpc) is 2.28. The fourth-order valence-corrected chi connectivity index (χ4v) is 1.81. The smallest absolute Gasteiger partial charge is 0.127 e. The second kappa shape index (κ2) is 3.85. The van der Waals surface area contributed by atoms with Gasteiger partial charge in [0.1, 0.15) is 6.29 Å². The number of hydrogen-bond donors (Lipinski definition) is 0. The highest BCUT2D eigenvalue weighted by Gasteiger charge is 2.05. The molecule has 2 aromatic rings. The molecule has 1 unspecified atom stereocenters.